The number of thiophene rings is 1. The van der Waals surface area contributed by atoms with Crippen LogP contribution in [0.2, 0.25) is 0 Å². The molecule has 1 aliphatic heterocycles. The Morgan fingerprint density at radius 3 is 2.86 bits per heavy atom. The van der Waals surface area contributed by atoms with E-state index in [1.807, 2.05) is 22.9 Å². The maximum absolute atomic E-state index is 10.9. The van der Waals surface area contributed by atoms with Gasteiger partial charge in [-0.1, -0.05) is 17.0 Å². The minimum atomic E-state index is -1.14. The molecule has 0 bridgehead atoms. The molecule has 0 saturated carbocycles. The van der Waals surface area contributed by atoms with Crippen LogP contribution in [0.15, 0.2) is 50.9 Å². The fraction of sp³-hybridized carbons (Fsp3) is 0.353. The number of rotatable bonds is 5. The van der Waals surface area contributed by atoms with Crippen molar-refractivity contribution in [2.75, 3.05) is 6.61 Å². The molecule has 1 saturated heterocycles. The lowest BCUT2D eigenvalue weighted by Crippen LogP contribution is -2.55. The van der Waals surface area contributed by atoms with Crippen LogP contribution >= 0.6 is 39.0 Å². The molecule has 3 aromatic rings. The first kappa shape index (κ1) is 20.0. The van der Waals surface area contributed by atoms with Crippen molar-refractivity contribution in [2.24, 2.45) is 0 Å². The molecule has 1 aliphatic rings. The van der Waals surface area contributed by atoms with Gasteiger partial charge in [0.15, 0.2) is 0 Å². The quantitative estimate of drug-likeness (QED) is 0.503. The summed E-state index contributed by atoms with van der Waals surface area (Å²) in [6.45, 7) is -0.385. The van der Waals surface area contributed by atoms with Crippen molar-refractivity contribution in [3.63, 3.8) is 0 Å². The molecule has 0 aromatic carbocycles. The summed E-state index contributed by atoms with van der Waals surface area (Å²) in [7, 11) is 0. The number of hydrogen-bond donors (Lipinski definition) is 3. The van der Waals surface area contributed by atoms with E-state index in [0.717, 1.165) is 14.9 Å². The van der Waals surface area contributed by atoms with E-state index in [9.17, 15) is 15.3 Å². The Morgan fingerprint density at radius 2 is 2.14 bits per heavy atom. The van der Waals surface area contributed by atoms with E-state index < -0.39 is 29.8 Å². The van der Waals surface area contributed by atoms with Crippen LogP contribution < -0.4 is 0 Å². The van der Waals surface area contributed by atoms with Gasteiger partial charge in [0.05, 0.1) is 12.8 Å². The van der Waals surface area contributed by atoms with Crippen molar-refractivity contribution in [3.8, 4) is 11.3 Å². The third-order valence-corrected chi connectivity index (χ3v) is 6.65. The van der Waals surface area contributed by atoms with Gasteiger partial charge >= 0.3 is 0 Å². The van der Waals surface area contributed by atoms with Gasteiger partial charge in [0, 0.05) is 32.7 Å². The minimum absolute atomic E-state index is 0.385. The van der Waals surface area contributed by atoms with Crippen LogP contribution in [-0.4, -0.2) is 65.7 Å². The summed E-state index contributed by atoms with van der Waals surface area (Å²) in [6, 6.07) is 2.96. The van der Waals surface area contributed by atoms with Crippen LogP contribution in [0.25, 0.3) is 11.3 Å². The van der Waals surface area contributed by atoms with E-state index >= 15 is 0 Å². The third kappa shape index (κ3) is 4.01. The first-order valence-corrected chi connectivity index (χ1v) is 11.0. The van der Waals surface area contributed by atoms with Crippen LogP contribution in [0.4, 0.5) is 0 Å². The van der Waals surface area contributed by atoms with Crippen LogP contribution in [-0.2, 0) is 4.74 Å². The van der Waals surface area contributed by atoms with E-state index in [1.165, 1.54) is 16.4 Å². The van der Waals surface area contributed by atoms with Crippen molar-refractivity contribution in [1.29, 1.82) is 0 Å². The van der Waals surface area contributed by atoms with Crippen LogP contribution in [0.3, 0.4) is 0 Å². The maximum Gasteiger partial charge on any atom is 0.136 e. The van der Waals surface area contributed by atoms with Crippen LogP contribution in [0.5, 0.6) is 0 Å². The van der Waals surface area contributed by atoms with Crippen molar-refractivity contribution >= 4 is 39.0 Å². The number of hydrogen-bond acceptors (Lipinski definition) is 9. The molecule has 148 valence electrons. The monoisotopic (exact) mass is 484 g/mol. The zero-order valence-electron chi connectivity index (χ0n) is 14.4. The van der Waals surface area contributed by atoms with Crippen LogP contribution in [0, 0.1) is 0 Å². The summed E-state index contributed by atoms with van der Waals surface area (Å²) in [5.41, 5.74) is 0.834. The molecule has 0 radical (unpaired) electrons. The lowest BCUT2D eigenvalue weighted by atomic mass is 9.97. The fourth-order valence-corrected chi connectivity index (χ4v) is 5.28. The molecule has 3 N–H and O–H groups in total. The lowest BCUT2D eigenvalue weighted by molar-refractivity contribution is -0.178. The van der Waals surface area contributed by atoms with Gasteiger partial charge in [0.25, 0.3) is 0 Å². The number of aliphatic hydroxyl groups excluding tert-OH is 3. The van der Waals surface area contributed by atoms with Gasteiger partial charge in [0.2, 0.25) is 0 Å². The number of nitrogens with zero attached hydrogens (tertiary/aromatic N) is 4. The first-order valence-electron chi connectivity index (χ1n) is 8.41. The van der Waals surface area contributed by atoms with Crippen molar-refractivity contribution in [2.45, 2.75) is 34.7 Å². The van der Waals surface area contributed by atoms with Gasteiger partial charge in [-0.05, 0) is 33.4 Å². The molecular formula is C17H17BrN4O4S2. The summed E-state index contributed by atoms with van der Waals surface area (Å²) in [5, 5.41) is 43.4. The van der Waals surface area contributed by atoms with E-state index in [2.05, 4.69) is 31.2 Å². The molecule has 5 atom stereocenters. The molecule has 3 aromatic heterocycles. The highest BCUT2D eigenvalue weighted by Gasteiger charge is 2.46. The maximum atomic E-state index is 10.9. The second-order valence-corrected chi connectivity index (χ2v) is 9.12. The summed E-state index contributed by atoms with van der Waals surface area (Å²) in [4.78, 5) is 4.89. The van der Waals surface area contributed by atoms with Crippen molar-refractivity contribution in [1.82, 2.24) is 20.0 Å². The Labute approximate surface area is 177 Å². The topological polar surface area (TPSA) is 114 Å². The summed E-state index contributed by atoms with van der Waals surface area (Å²) < 4.78 is 7.99. The zero-order chi connectivity index (χ0) is 19.7. The molecule has 0 amide bonds. The average molecular weight is 485 g/mol. The number of halogens is 1. The summed E-state index contributed by atoms with van der Waals surface area (Å²) >= 11 is 6.18. The molecule has 11 heteroatoms. The zero-order valence-corrected chi connectivity index (χ0v) is 17.6. The van der Waals surface area contributed by atoms with E-state index in [0.29, 0.717) is 5.69 Å². The van der Waals surface area contributed by atoms with Gasteiger partial charge in [-0.2, -0.15) is 11.3 Å². The Balaban J connectivity index is 1.61. The van der Waals surface area contributed by atoms with Gasteiger partial charge in [-0.25, -0.2) is 4.68 Å². The normalized spacial score (nSPS) is 27.8. The van der Waals surface area contributed by atoms with E-state index in [1.54, 1.807) is 29.9 Å². The number of aliphatic hydroxyl groups is 3. The SMILES string of the molecule is OCC1OC(Sc2cncc(Br)c2)C(O)C(n2cc(-c3ccsc3)nn2)C1O. The number of aromatic nitrogens is 4. The standard InChI is InChI=1S/C17H17BrN4O4S2/c18-10-3-11(5-19-4-10)28-17-16(25)14(15(24)13(7-23)26-17)22-6-12(20-21-22)9-1-2-27-8-9/h1-6,8,13-17,23-25H,7H2. The van der Waals surface area contributed by atoms with Crippen molar-refractivity contribution in [3.05, 3.63) is 46.0 Å². The van der Waals surface area contributed by atoms with Gasteiger partial charge in [-0.3, -0.25) is 4.98 Å². The van der Waals surface area contributed by atoms with E-state index in [-0.39, 0.29) is 6.61 Å². The predicted molar refractivity (Wildman–Crippen MR) is 108 cm³/mol. The fourth-order valence-electron chi connectivity index (χ4n) is 3.03. The smallest absolute Gasteiger partial charge is 0.136 e. The number of pyridine rings is 1. The average Bonchev–Trinajstić information content (AvgIpc) is 3.36. The van der Waals surface area contributed by atoms with Gasteiger partial charge in [0.1, 0.15) is 35.5 Å². The van der Waals surface area contributed by atoms with Crippen LogP contribution in [0.1, 0.15) is 6.04 Å². The highest BCUT2D eigenvalue weighted by Crippen LogP contribution is 2.38. The Bertz CT molecular complexity index is 926. The van der Waals surface area contributed by atoms with Gasteiger partial charge < -0.3 is 20.1 Å². The molecule has 5 unspecified atom stereocenters. The molecule has 28 heavy (non-hydrogen) atoms. The van der Waals surface area contributed by atoms with Crippen molar-refractivity contribution < 1.29 is 20.1 Å². The largest absolute Gasteiger partial charge is 0.394 e. The minimum Gasteiger partial charge on any atom is -0.394 e. The number of ether oxygens (including phenoxy) is 1. The number of thioether (sulfide) groups is 1. The highest BCUT2D eigenvalue weighted by atomic mass is 79.9. The Morgan fingerprint density at radius 1 is 1.29 bits per heavy atom. The second-order valence-electron chi connectivity index (χ2n) is 6.25. The molecule has 0 spiro atoms. The first-order chi connectivity index (χ1) is 13.6. The summed E-state index contributed by atoms with van der Waals surface area (Å²) in [6.07, 6.45) is 1.91. The Kier molecular flexibility index (Phi) is 6.11. The highest BCUT2D eigenvalue weighted by molar-refractivity contribution is 9.10. The molecule has 1 fully saturated rings. The third-order valence-electron chi connectivity index (χ3n) is 4.41. The predicted octanol–water partition coefficient (Wildman–Crippen LogP) is 1.94. The lowest BCUT2D eigenvalue weighted by Gasteiger charge is -2.41. The Hall–Kier alpha value is -1.34. The molecule has 8 nitrogen and oxygen atoms in total. The molecule has 4 heterocycles. The van der Waals surface area contributed by atoms with Gasteiger partial charge in [-0.15, -0.1) is 5.10 Å². The molecule has 4 rings (SSSR count). The summed E-state index contributed by atoms with van der Waals surface area (Å²) in [5.74, 6) is 0. The molecular weight excluding hydrogens is 468 g/mol. The van der Waals surface area contributed by atoms with E-state index in [4.69, 9.17) is 4.74 Å². The molecule has 0 aliphatic carbocycles. The second kappa shape index (κ2) is 8.57.